The van der Waals surface area contributed by atoms with Crippen LogP contribution in [0.4, 0.5) is 11.4 Å². The lowest BCUT2D eigenvalue weighted by Crippen LogP contribution is -2.46. The van der Waals surface area contributed by atoms with Gasteiger partial charge >= 0.3 is 11.9 Å². The van der Waals surface area contributed by atoms with Gasteiger partial charge in [0, 0.05) is 37.6 Å². The normalized spacial score (nSPS) is 14.9. The van der Waals surface area contributed by atoms with Crippen molar-refractivity contribution in [2.75, 3.05) is 36.0 Å². The number of rotatable bonds is 18. The summed E-state index contributed by atoms with van der Waals surface area (Å²) in [6, 6.07) is 15.6. The van der Waals surface area contributed by atoms with Gasteiger partial charge in [-0.25, -0.2) is 9.59 Å². The molecule has 232 valence electrons. The summed E-state index contributed by atoms with van der Waals surface area (Å²) in [6.45, 7) is 12.0. The van der Waals surface area contributed by atoms with Crippen LogP contribution < -0.4 is 9.80 Å². The molecule has 0 saturated carbocycles. The molecule has 0 aromatic heterocycles. The van der Waals surface area contributed by atoms with E-state index in [4.69, 9.17) is 9.47 Å². The van der Waals surface area contributed by atoms with Crippen LogP contribution in [-0.2, 0) is 9.47 Å². The molecule has 1 heterocycles. The van der Waals surface area contributed by atoms with Crippen LogP contribution in [0.3, 0.4) is 0 Å². The molecule has 0 bridgehead atoms. The SMILES string of the molecule is CCCCCCC[C@H](C)OC(=O)c1ccc(N2CCN(c3ccc(C(=O)O[C@@H](C)CCCCCCC)cc3)CC2)cc1. The van der Waals surface area contributed by atoms with E-state index < -0.39 is 0 Å². The first-order valence-electron chi connectivity index (χ1n) is 16.5. The summed E-state index contributed by atoms with van der Waals surface area (Å²) >= 11 is 0. The van der Waals surface area contributed by atoms with Crippen LogP contribution >= 0.6 is 0 Å². The monoisotopic (exact) mass is 578 g/mol. The number of hydrogen-bond donors (Lipinski definition) is 0. The van der Waals surface area contributed by atoms with Gasteiger partial charge in [0.25, 0.3) is 0 Å². The van der Waals surface area contributed by atoms with Crippen molar-refractivity contribution in [3.63, 3.8) is 0 Å². The largest absolute Gasteiger partial charge is 0.459 e. The molecule has 2 atom stereocenters. The van der Waals surface area contributed by atoms with E-state index in [-0.39, 0.29) is 24.1 Å². The van der Waals surface area contributed by atoms with E-state index in [9.17, 15) is 9.59 Å². The summed E-state index contributed by atoms with van der Waals surface area (Å²) in [5.74, 6) is -0.478. The molecule has 0 radical (unpaired) electrons. The van der Waals surface area contributed by atoms with Crippen molar-refractivity contribution in [1.82, 2.24) is 0 Å². The molecule has 1 aliphatic heterocycles. The van der Waals surface area contributed by atoms with Crippen LogP contribution in [0.2, 0.25) is 0 Å². The van der Waals surface area contributed by atoms with Gasteiger partial charge in [-0.15, -0.1) is 0 Å². The maximum absolute atomic E-state index is 12.6. The van der Waals surface area contributed by atoms with E-state index in [2.05, 4.69) is 23.6 Å². The van der Waals surface area contributed by atoms with Crippen molar-refractivity contribution < 1.29 is 19.1 Å². The second-order valence-corrected chi connectivity index (χ2v) is 11.9. The summed E-state index contributed by atoms with van der Waals surface area (Å²) in [4.78, 5) is 29.9. The van der Waals surface area contributed by atoms with Crippen molar-refractivity contribution >= 4 is 23.3 Å². The lowest BCUT2D eigenvalue weighted by Gasteiger charge is -2.37. The third-order valence-electron chi connectivity index (χ3n) is 8.26. The van der Waals surface area contributed by atoms with Gasteiger partial charge in [-0.05, 0) is 88.1 Å². The van der Waals surface area contributed by atoms with Gasteiger partial charge in [0.15, 0.2) is 0 Å². The molecule has 42 heavy (non-hydrogen) atoms. The average molecular weight is 579 g/mol. The molecule has 0 spiro atoms. The maximum Gasteiger partial charge on any atom is 0.338 e. The first kappa shape index (κ1) is 33.5. The third kappa shape index (κ3) is 11.3. The molecular formula is C36H54N2O4. The van der Waals surface area contributed by atoms with Gasteiger partial charge < -0.3 is 19.3 Å². The number of ether oxygens (including phenoxy) is 2. The van der Waals surface area contributed by atoms with Gasteiger partial charge in [-0.3, -0.25) is 0 Å². The fourth-order valence-corrected chi connectivity index (χ4v) is 5.53. The quantitative estimate of drug-likeness (QED) is 0.130. The Kier molecular flexibility index (Phi) is 14.8. The molecule has 2 aromatic rings. The first-order valence-corrected chi connectivity index (χ1v) is 16.5. The van der Waals surface area contributed by atoms with Crippen LogP contribution in [0.25, 0.3) is 0 Å². The Bertz CT molecular complexity index is 960. The second-order valence-electron chi connectivity index (χ2n) is 11.9. The molecule has 1 saturated heterocycles. The van der Waals surface area contributed by atoms with Crippen LogP contribution in [-0.4, -0.2) is 50.3 Å². The number of hydrogen-bond acceptors (Lipinski definition) is 6. The predicted molar refractivity (Wildman–Crippen MR) is 174 cm³/mol. The van der Waals surface area contributed by atoms with Gasteiger partial charge in [-0.1, -0.05) is 65.2 Å². The highest BCUT2D eigenvalue weighted by atomic mass is 16.5. The third-order valence-corrected chi connectivity index (χ3v) is 8.26. The Morgan fingerprint density at radius 3 is 1.24 bits per heavy atom. The van der Waals surface area contributed by atoms with E-state index >= 15 is 0 Å². The maximum atomic E-state index is 12.6. The topological polar surface area (TPSA) is 59.1 Å². The molecule has 1 fully saturated rings. The number of piperazine rings is 1. The van der Waals surface area contributed by atoms with Gasteiger partial charge in [0.1, 0.15) is 0 Å². The van der Waals surface area contributed by atoms with E-state index in [1.807, 2.05) is 62.4 Å². The lowest BCUT2D eigenvalue weighted by atomic mass is 10.1. The number of benzene rings is 2. The summed E-state index contributed by atoms with van der Waals surface area (Å²) in [6.07, 6.45) is 13.9. The Labute approximate surface area is 254 Å². The van der Waals surface area contributed by atoms with Gasteiger partial charge in [0.05, 0.1) is 23.3 Å². The van der Waals surface area contributed by atoms with Crippen LogP contribution in [0, 0.1) is 0 Å². The van der Waals surface area contributed by atoms with Crippen LogP contribution in [0.1, 0.15) is 125 Å². The molecule has 0 N–H and O–H groups in total. The Morgan fingerprint density at radius 2 is 0.905 bits per heavy atom. The number of carbonyl (C=O) groups excluding carboxylic acids is 2. The van der Waals surface area contributed by atoms with E-state index in [1.165, 1.54) is 51.4 Å². The smallest absolute Gasteiger partial charge is 0.338 e. The first-order chi connectivity index (χ1) is 20.4. The summed E-state index contributed by atoms with van der Waals surface area (Å²) < 4.78 is 11.3. The van der Waals surface area contributed by atoms with Crippen molar-refractivity contribution in [2.45, 2.75) is 117 Å². The molecule has 0 unspecified atom stereocenters. The number of carbonyl (C=O) groups is 2. The van der Waals surface area contributed by atoms with Gasteiger partial charge in [-0.2, -0.15) is 0 Å². The molecular weight excluding hydrogens is 524 g/mol. The second kappa shape index (κ2) is 18.5. The molecule has 6 nitrogen and oxygen atoms in total. The zero-order chi connectivity index (χ0) is 30.2. The van der Waals surface area contributed by atoms with Gasteiger partial charge in [0.2, 0.25) is 0 Å². The fourth-order valence-electron chi connectivity index (χ4n) is 5.53. The number of nitrogens with zero attached hydrogens (tertiary/aromatic N) is 2. The molecule has 0 amide bonds. The van der Waals surface area contributed by atoms with E-state index in [0.29, 0.717) is 11.1 Å². The van der Waals surface area contributed by atoms with E-state index in [0.717, 1.165) is 63.2 Å². The highest BCUT2D eigenvalue weighted by molar-refractivity contribution is 5.90. The number of unbranched alkanes of at least 4 members (excludes halogenated alkanes) is 8. The molecule has 3 rings (SSSR count). The summed E-state index contributed by atoms with van der Waals surface area (Å²) in [5.41, 5.74) is 3.45. The van der Waals surface area contributed by atoms with Crippen LogP contribution in [0.5, 0.6) is 0 Å². The Balaban J connectivity index is 1.40. The molecule has 6 heteroatoms. The lowest BCUT2D eigenvalue weighted by molar-refractivity contribution is 0.0309. The molecule has 1 aliphatic rings. The highest BCUT2D eigenvalue weighted by Gasteiger charge is 2.20. The minimum absolute atomic E-state index is 0.0553. The van der Waals surface area contributed by atoms with Crippen molar-refractivity contribution in [1.29, 1.82) is 0 Å². The predicted octanol–water partition coefficient (Wildman–Crippen LogP) is 8.82. The van der Waals surface area contributed by atoms with Crippen molar-refractivity contribution in [2.24, 2.45) is 0 Å². The zero-order valence-electron chi connectivity index (χ0n) is 26.6. The van der Waals surface area contributed by atoms with E-state index in [1.54, 1.807) is 0 Å². The summed E-state index contributed by atoms with van der Waals surface area (Å²) in [7, 11) is 0. The number of esters is 2. The standard InChI is InChI=1S/C36H54N2O4/c1-5-7-9-11-13-15-29(3)41-35(39)31-17-21-33(22-18-31)37-25-27-38(28-26-37)34-23-19-32(20-24-34)36(40)42-30(4)16-14-12-10-8-6-2/h17-24,29-30H,5-16,25-28H2,1-4H3/t29-,30-/m0/s1. The van der Waals surface area contributed by atoms with Crippen LogP contribution in [0.15, 0.2) is 48.5 Å². The fraction of sp³-hybridized carbons (Fsp3) is 0.611. The van der Waals surface area contributed by atoms with Crippen molar-refractivity contribution in [3.8, 4) is 0 Å². The Hall–Kier alpha value is -3.02. The minimum atomic E-state index is -0.239. The summed E-state index contributed by atoms with van der Waals surface area (Å²) in [5, 5.41) is 0. The number of anilines is 2. The average Bonchev–Trinajstić information content (AvgIpc) is 3.01. The zero-order valence-corrected chi connectivity index (χ0v) is 26.6. The minimum Gasteiger partial charge on any atom is -0.459 e. The van der Waals surface area contributed by atoms with Crippen molar-refractivity contribution in [3.05, 3.63) is 59.7 Å². The molecule has 2 aromatic carbocycles. The molecule has 0 aliphatic carbocycles. The Morgan fingerprint density at radius 1 is 0.571 bits per heavy atom. The highest BCUT2D eigenvalue weighted by Crippen LogP contribution is 2.23.